The summed E-state index contributed by atoms with van der Waals surface area (Å²) < 4.78 is 0. The van der Waals surface area contributed by atoms with Gasteiger partial charge in [-0.15, -0.1) is 0 Å². The Bertz CT molecular complexity index is 116. The third kappa shape index (κ3) is 10.4. The fraction of sp³-hybridized carbons (Fsp3) is 1.00. The van der Waals surface area contributed by atoms with Crippen LogP contribution in [0.4, 0.5) is 0 Å². The van der Waals surface area contributed by atoms with Crippen molar-refractivity contribution in [2.24, 2.45) is 0 Å². The van der Waals surface area contributed by atoms with Crippen molar-refractivity contribution in [2.45, 2.75) is 40.0 Å². The molecule has 0 bridgehead atoms. The largest absolute Gasteiger partial charge is 0.315 e. The number of nitrogens with zero attached hydrogens (tertiary/aromatic N) is 1. The van der Waals surface area contributed by atoms with Gasteiger partial charge in [0.1, 0.15) is 0 Å². The van der Waals surface area contributed by atoms with Crippen molar-refractivity contribution < 1.29 is 0 Å². The molecule has 0 fully saturated rings. The van der Waals surface area contributed by atoms with E-state index in [4.69, 9.17) is 0 Å². The zero-order valence-corrected chi connectivity index (χ0v) is 11.5. The summed E-state index contributed by atoms with van der Waals surface area (Å²) in [6, 6.07) is 0. The number of rotatable bonds is 12. The average molecular weight is 229 g/mol. The van der Waals surface area contributed by atoms with Gasteiger partial charge in [0.15, 0.2) is 0 Å². The maximum Gasteiger partial charge on any atom is 0.0107 e. The molecule has 3 nitrogen and oxygen atoms in total. The molecule has 0 heterocycles. The third-order valence-corrected chi connectivity index (χ3v) is 2.60. The second-order valence-corrected chi connectivity index (χ2v) is 4.34. The Balaban J connectivity index is 3.45. The minimum atomic E-state index is 1.13. The summed E-state index contributed by atoms with van der Waals surface area (Å²) in [5.41, 5.74) is 0. The van der Waals surface area contributed by atoms with Gasteiger partial charge in [0.2, 0.25) is 0 Å². The first kappa shape index (κ1) is 15.9. The molecule has 3 heteroatoms. The van der Waals surface area contributed by atoms with E-state index >= 15 is 0 Å². The Morgan fingerprint density at radius 2 is 1.12 bits per heavy atom. The van der Waals surface area contributed by atoms with Crippen molar-refractivity contribution >= 4 is 0 Å². The van der Waals surface area contributed by atoms with Gasteiger partial charge in [0.25, 0.3) is 0 Å². The van der Waals surface area contributed by atoms with Gasteiger partial charge in [-0.25, -0.2) is 0 Å². The van der Waals surface area contributed by atoms with E-state index < -0.39 is 0 Å². The highest BCUT2D eigenvalue weighted by Crippen LogP contribution is 1.89. The Morgan fingerprint density at radius 1 is 0.625 bits per heavy atom. The molecule has 98 valence electrons. The van der Waals surface area contributed by atoms with Gasteiger partial charge in [0.05, 0.1) is 0 Å². The van der Waals surface area contributed by atoms with Gasteiger partial charge >= 0.3 is 0 Å². The summed E-state index contributed by atoms with van der Waals surface area (Å²) in [7, 11) is 0. The third-order valence-electron chi connectivity index (χ3n) is 2.60. The van der Waals surface area contributed by atoms with Crippen molar-refractivity contribution in [2.75, 3.05) is 45.8 Å². The quantitative estimate of drug-likeness (QED) is 0.499. The fourth-order valence-electron chi connectivity index (χ4n) is 1.73. The topological polar surface area (TPSA) is 27.3 Å². The molecule has 0 aromatic heterocycles. The lowest BCUT2D eigenvalue weighted by molar-refractivity contribution is 0.273. The Morgan fingerprint density at radius 3 is 1.50 bits per heavy atom. The van der Waals surface area contributed by atoms with Crippen LogP contribution in [0.3, 0.4) is 0 Å². The van der Waals surface area contributed by atoms with Crippen LogP contribution in [0.2, 0.25) is 0 Å². The van der Waals surface area contributed by atoms with Crippen LogP contribution in [-0.4, -0.2) is 50.7 Å². The van der Waals surface area contributed by atoms with E-state index in [2.05, 4.69) is 36.3 Å². The Hall–Kier alpha value is -0.120. The lowest BCUT2D eigenvalue weighted by Gasteiger charge is -2.22. The second kappa shape index (κ2) is 12.9. The molecule has 0 unspecified atom stereocenters. The number of hydrogen-bond acceptors (Lipinski definition) is 3. The van der Waals surface area contributed by atoms with E-state index in [1.165, 1.54) is 38.9 Å². The highest BCUT2D eigenvalue weighted by atomic mass is 15.1. The molecule has 0 saturated heterocycles. The van der Waals surface area contributed by atoms with E-state index in [-0.39, 0.29) is 0 Å². The average Bonchev–Trinajstić information content (AvgIpc) is 2.30. The van der Waals surface area contributed by atoms with Crippen molar-refractivity contribution in [3.8, 4) is 0 Å². The van der Waals surface area contributed by atoms with Crippen molar-refractivity contribution in [1.29, 1.82) is 0 Å². The first-order valence-corrected chi connectivity index (χ1v) is 6.98. The monoisotopic (exact) mass is 229 g/mol. The first-order chi connectivity index (χ1) is 7.85. The van der Waals surface area contributed by atoms with Crippen molar-refractivity contribution in [3.63, 3.8) is 0 Å². The van der Waals surface area contributed by atoms with E-state index in [9.17, 15) is 0 Å². The normalized spacial score (nSPS) is 11.2. The van der Waals surface area contributed by atoms with Crippen molar-refractivity contribution in [3.05, 3.63) is 0 Å². The lowest BCUT2D eigenvalue weighted by atomic mass is 10.3. The van der Waals surface area contributed by atoms with Gasteiger partial charge in [-0.3, -0.25) is 0 Å². The van der Waals surface area contributed by atoms with Gasteiger partial charge in [0, 0.05) is 26.2 Å². The molecule has 16 heavy (non-hydrogen) atoms. The molecule has 0 radical (unpaired) electrons. The molecule has 0 aliphatic heterocycles. The summed E-state index contributed by atoms with van der Waals surface area (Å²) in [6.45, 7) is 14.8. The number of nitrogens with one attached hydrogen (secondary N) is 2. The molecule has 0 rings (SSSR count). The highest BCUT2D eigenvalue weighted by molar-refractivity contribution is 4.61. The maximum atomic E-state index is 3.46. The Labute approximate surface area is 102 Å². The zero-order chi connectivity index (χ0) is 12.1. The van der Waals surface area contributed by atoms with Crippen LogP contribution in [0.1, 0.15) is 40.0 Å². The predicted octanol–water partition coefficient (Wildman–Crippen LogP) is 1.70. The molecular weight excluding hydrogens is 198 g/mol. The molecule has 0 saturated carbocycles. The molecule has 0 aliphatic carbocycles. The van der Waals surface area contributed by atoms with Crippen LogP contribution in [0, 0.1) is 0 Å². The van der Waals surface area contributed by atoms with E-state index in [0.29, 0.717) is 0 Å². The maximum absolute atomic E-state index is 3.46. The fourth-order valence-corrected chi connectivity index (χ4v) is 1.73. The molecule has 0 aromatic carbocycles. The number of hydrogen-bond donors (Lipinski definition) is 2. The van der Waals surface area contributed by atoms with Crippen molar-refractivity contribution in [1.82, 2.24) is 15.5 Å². The smallest absolute Gasteiger partial charge is 0.0107 e. The van der Waals surface area contributed by atoms with E-state index in [1.54, 1.807) is 0 Å². The van der Waals surface area contributed by atoms with Crippen LogP contribution in [0.5, 0.6) is 0 Å². The molecule has 0 spiro atoms. The van der Waals surface area contributed by atoms with Crippen LogP contribution in [-0.2, 0) is 0 Å². The summed E-state index contributed by atoms with van der Waals surface area (Å²) in [4.78, 5) is 2.55. The molecule has 2 N–H and O–H groups in total. The first-order valence-electron chi connectivity index (χ1n) is 6.98. The summed E-state index contributed by atoms with van der Waals surface area (Å²) in [5.74, 6) is 0. The molecule has 0 amide bonds. The van der Waals surface area contributed by atoms with E-state index in [0.717, 1.165) is 26.2 Å². The molecule has 0 aromatic rings. The summed E-state index contributed by atoms with van der Waals surface area (Å²) in [6.07, 6.45) is 3.71. The molecule has 0 atom stereocenters. The second-order valence-electron chi connectivity index (χ2n) is 4.34. The van der Waals surface area contributed by atoms with Gasteiger partial charge in [-0.05, 0) is 38.9 Å². The van der Waals surface area contributed by atoms with Crippen LogP contribution < -0.4 is 10.6 Å². The molecule has 0 aliphatic rings. The SMILES string of the molecule is CCCNCCN(CCC)CCNCCC. The summed E-state index contributed by atoms with van der Waals surface area (Å²) in [5, 5.41) is 6.93. The molecular formula is C13H31N3. The standard InChI is InChI=1S/C13H31N3/c1-4-7-14-9-12-16(11-6-3)13-10-15-8-5-2/h14-15H,4-13H2,1-3H3. The van der Waals surface area contributed by atoms with Gasteiger partial charge in [-0.1, -0.05) is 20.8 Å². The lowest BCUT2D eigenvalue weighted by Crippen LogP contribution is -2.37. The van der Waals surface area contributed by atoms with E-state index in [1.807, 2.05) is 0 Å². The van der Waals surface area contributed by atoms with Gasteiger partial charge in [-0.2, -0.15) is 0 Å². The Kier molecular flexibility index (Phi) is 12.9. The van der Waals surface area contributed by atoms with Crippen LogP contribution in [0.25, 0.3) is 0 Å². The highest BCUT2D eigenvalue weighted by Gasteiger charge is 2.02. The summed E-state index contributed by atoms with van der Waals surface area (Å²) >= 11 is 0. The van der Waals surface area contributed by atoms with Gasteiger partial charge < -0.3 is 15.5 Å². The van der Waals surface area contributed by atoms with Crippen LogP contribution >= 0.6 is 0 Å². The zero-order valence-electron chi connectivity index (χ0n) is 11.5. The predicted molar refractivity (Wildman–Crippen MR) is 73.1 cm³/mol. The minimum absolute atomic E-state index is 1.13. The minimum Gasteiger partial charge on any atom is -0.315 e. The van der Waals surface area contributed by atoms with Crippen LogP contribution in [0.15, 0.2) is 0 Å².